The number of primary amides is 1. The number of hydrogen-bond acceptors (Lipinski definition) is 4. The van der Waals surface area contributed by atoms with Gasteiger partial charge in [0.1, 0.15) is 18.1 Å². The number of hydrazone groups is 1. The predicted molar refractivity (Wildman–Crippen MR) is 89.1 cm³/mol. The Morgan fingerprint density at radius 3 is 2.87 bits per heavy atom. The van der Waals surface area contributed by atoms with Gasteiger partial charge in [0.05, 0.1) is 13.3 Å². The van der Waals surface area contributed by atoms with E-state index in [4.69, 9.17) is 26.8 Å². The van der Waals surface area contributed by atoms with Gasteiger partial charge in [-0.1, -0.05) is 17.7 Å². The van der Waals surface area contributed by atoms with E-state index in [0.29, 0.717) is 23.1 Å². The lowest BCUT2D eigenvalue weighted by atomic mass is 10.1. The van der Waals surface area contributed by atoms with Crippen molar-refractivity contribution in [2.24, 2.45) is 10.8 Å². The Bertz CT molecular complexity index is 719. The SMILES string of the molecule is COc1ccc(C=NNC(N)=O)cc1COc1cccc(Cl)c1. The zero-order valence-corrected chi connectivity index (χ0v) is 13.2. The van der Waals surface area contributed by atoms with Crippen molar-refractivity contribution in [2.45, 2.75) is 6.61 Å². The molecule has 0 saturated heterocycles. The minimum atomic E-state index is -0.723. The third-order valence-electron chi connectivity index (χ3n) is 2.88. The number of hydrogen-bond donors (Lipinski definition) is 2. The van der Waals surface area contributed by atoms with Crippen molar-refractivity contribution in [1.82, 2.24) is 5.43 Å². The molecule has 6 nitrogen and oxygen atoms in total. The molecule has 23 heavy (non-hydrogen) atoms. The lowest BCUT2D eigenvalue weighted by Gasteiger charge is -2.11. The molecule has 7 heteroatoms. The molecule has 0 aliphatic rings. The summed E-state index contributed by atoms with van der Waals surface area (Å²) < 4.78 is 11.0. The van der Waals surface area contributed by atoms with Crippen LogP contribution in [0, 0.1) is 0 Å². The van der Waals surface area contributed by atoms with Gasteiger partial charge in [-0.05, 0) is 42.0 Å². The van der Waals surface area contributed by atoms with Crippen molar-refractivity contribution in [3.63, 3.8) is 0 Å². The molecule has 2 amide bonds. The number of nitrogens with one attached hydrogen (secondary N) is 1. The molecule has 120 valence electrons. The largest absolute Gasteiger partial charge is 0.496 e. The second-order valence-corrected chi connectivity index (χ2v) is 4.99. The molecule has 0 atom stereocenters. The van der Waals surface area contributed by atoms with Gasteiger partial charge in [0.25, 0.3) is 0 Å². The van der Waals surface area contributed by atoms with Gasteiger partial charge < -0.3 is 15.2 Å². The van der Waals surface area contributed by atoms with Gasteiger partial charge in [0.15, 0.2) is 0 Å². The van der Waals surface area contributed by atoms with Crippen LogP contribution < -0.4 is 20.6 Å². The van der Waals surface area contributed by atoms with Crippen LogP contribution in [0.2, 0.25) is 5.02 Å². The van der Waals surface area contributed by atoms with Crippen LogP contribution in [0.4, 0.5) is 4.79 Å². The fourth-order valence-electron chi connectivity index (χ4n) is 1.88. The third-order valence-corrected chi connectivity index (χ3v) is 3.12. The molecule has 0 aromatic heterocycles. The summed E-state index contributed by atoms with van der Waals surface area (Å²) in [6.45, 7) is 0.300. The summed E-state index contributed by atoms with van der Waals surface area (Å²) in [6, 6.07) is 11.9. The quantitative estimate of drug-likeness (QED) is 0.629. The van der Waals surface area contributed by atoms with E-state index < -0.39 is 6.03 Å². The first-order valence-electron chi connectivity index (χ1n) is 6.72. The van der Waals surface area contributed by atoms with Crippen LogP contribution in [0.5, 0.6) is 11.5 Å². The number of ether oxygens (including phenoxy) is 2. The van der Waals surface area contributed by atoms with Crippen LogP contribution in [0.15, 0.2) is 47.6 Å². The van der Waals surface area contributed by atoms with Crippen LogP contribution in [0.25, 0.3) is 0 Å². The average molecular weight is 334 g/mol. The highest BCUT2D eigenvalue weighted by molar-refractivity contribution is 6.30. The maximum Gasteiger partial charge on any atom is 0.332 e. The smallest absolute Gasteiger partial charge is 0.332 e. The topological polar surface area (TPSA) is 85.9 Å². The number of halogens is 1. The second kappa shape index (κ2) is 8.05. The molecule has 3 N–H and O–H groups in total. The summed E-state index contributed by atoms with van der Waals surface area (Å²) in [6.07, 6.45) is 1.48. The Morgan fingerprint density at radius 1 is 1.35 bits per heavy atom. The summed E-state index contributed by atoms with van der Waals surface area (Å²) >= 11 is 5.93. The summed E-state index contributed by atoms with van der Waals surface area (Å²) in [5.41, 5.74) is 8.68. The average Bonchev–Trinajstić information content (AvgIpc) is 2.53. The second-order valence-electron chi connectivity index (χ2n) is 4.55. The number of nitrogens with zero attached hydrogens (tertiary/aromatic N) is 1. The minimum Gasteiger partial charge on any atom is -0.496 e. The number of urea groups is 1. The summed E-state index contributed by atoms with van der Waals surface area (Å²) in [5.74, 6) is 1.35. The zero-order valence-electron chi connectivity index (χ0n) is 12.5. The Kier molecular flexibility index (Phi) is 5.82. The van der Waals surface area contributed by atoms with E-state index in [0.717, 1.165) is 11.1 Å². The molecule has 0 bridgehead atoms. The number of nitrogens with two attached hydrogens (primary N) is 1. The molecule has 2 aromatic rings. The van der Waals surface area contributed by atoms with Crippen LogP contribution in [0.3, 0.4) is 0 Å². The van der Waals surface area contributed by atoms with E-state index in [1.54, 1.807) is 31.4 Å². The van der Waals surface area contributed by atoms with Gasteiger partial charge in [-0.2, -0.15) is 5.10 Å². The monoisotopic (exact) mass is 333 g/mol. The van der Waals surface area contributed by atoms with E-state index >= 15 is 0 Å². The van der Waals surface area contributed by atoms with E-state index in [2.05, 4.69) is 10.5 Å². The first-order chi connectivity index (χ1) is 11.1. The highest BCUT2D eigenvalue weighted by Crippen LogP contribution is 2.23. The molecule has 2 rings (SSSR count). The lowest BCUT2D eigenvalue weighted by Crippen LogP contribution is -2.24. The first kappa shape index (κ1) is 16.6. The van der Waals surface area contributed by atoms with Gasteiger partial charge in [0, 0.05) is 10.6 Å². The van der Waals surface area contributed by atoms with Gasteiger partial charge >= 0.3 is 6.03 Å². The fraction of sp³-hybridized carbons (Fsp3) is 0.125. The van der Waals surface area contributed by atoms with Crippen LogP contribution in [-0.2, 0) is 6.61 Å². The molecule has 0 spiro atoms. The summed E-state index contributed by atoms with van der Waals surface area (Å²) in [4.78, 5) is 10.6. The number of carbonyl (C=O) groups excluding carboxylic acids is 1. The third kappa shape index (κ3) is 5.19. The first-order valence-corrected chi connectivity index (χ1v) is 7.10. The maximum absolute atomic E-state index is 10.6. The van der Waals surface area contributed by atoms with Crippen molar-refractivity contribution < 1.29 is 14.3 Å². The number of carbonyl (C=O) groups is 1. The molecule has 0 fully saturated rings. The highest BCUT2D eigenvalue weighted by atomic mass is 35.5. The van der Waals surface area contributed by atoms with Gasteiger partial charge in [-0.3, -0.25) is 0 Å². The van der Waals surface area contributed by atoms with Crippen molar-refractivity contribution in [2.75, 3.05) is 7.11 Å². The Morgan fingerprint density at radius 2 is 2.17 bits per heavy atom. The van der Waals surface area contributed by atoms with E-state index in [-0.39, 0.29) is 0 Å². The maximum atomic E-state index is 10.6. The Balaban J connectivity index is 2.12. The van der Waals surface area contributed by atoms with Gasteiger partial charge in [-0.15, -0.1) is 0 Å². The molecular weight excluding hydrogens is 318 g/mol. The number of methoxy groups -OCH3 is 1. The lowest BCUT2D eigenvalue weighted by molar-refractivity contribution is 0.249. The van der Waals surface area contributed by atoms with Crippen molar-refractivity contribution in [3.8, 4) is 11.5 Å². The zero-order chi connectivity index (χ0) is 16.7. The number of amides is 2. The number of benzene rings is 2. The predicted octanol–water partition coefficient (Wildman–Crippen LogP) is 2.93. The molecular formula is C16H16ClN3O3. The standard InChI is InChI=1S/C16H16ClN3O3/c1-22-15-6-5-11(9-19-20-16(18)21)7-12(15)10-23-14-4-2-3-13(17)8-14/h2-9H,10H2,1H3,(H3,18,20,21). The Labute approximate surface area is 138 Å². The van der Waals surface area contributed by atoms with Crippen LogP contribution in [-0.4, -0.2) is 19.4 Å². The van der Waals surface area contributed by atoms with Crippen molar-refractivity contribution in [1.29, 1.82) is 0 Å². The molecule has 2 aromatic carbocycles. The van der Waals surface area contributed by atoms with Crippen molar-refractivity contribution in [3.05, 3.63) is 58.6 Å². The fourth-order valence-corrected chi connectivity index (χ4v) is 2.06. The van der Waals surface area contributed by atoms with Crippen molar-refractivity contribution >= 4 is 23.8 Å². The molecule has 0 aliphatic heterocycles. The molecule has 0 heterocycles. The Hall–Kier alpha value is -2.73. The van der Waals surface area contributed by atoms with Crippen LogP contribution in [0.1, 0.15) is 11.1 Å². The molecule has 0 radical (unpaired) electrons. The van der Waals surface area contributed by atoms with Gasteiger partial charge in [0.2, 0.25) is 0 Å². The van der Waals surface area contributed by atoms with E-state index in [1.807, 2.05) is 18.2 Å². The normalized spacial score (nSPS) is 10.5. The molecule has 0 unspecified atom stereocenters. The minimum absolute atomic E-state index is 0.300. The highest BCUT2D eigenvalue weighted by Gasteiger charge is 2.05. The molecule has 0 aliphatic carbocycles. The number of rotatable bonds is 6. The summed E-state index contributed by atoms with van der Waals surface area (Å²) in [7, 11) is 1.58. The van der Waals surface area contributed by atoms with E-state index in [1.165, 1.54) is 6.21 Å². The van der Waals surface area contributed by atoms with Crippen LogP contribution >= 0.6 is 11.6 Å². The van der Waals surface area contributed by atoms with E-state index in [9.17, 15) is 4.79 Å². The summed E-state index contributed by atoms with van der Waals surface area (Å²) in [5, 5.41) is 4.32. The van der Waals surface area contributed by atoms with Gasteiger partial charge in [-0.25, -0.2) is 10.2 Å². The molecule has 0 saturated carbocycles.